The summed E-state index contributed by atoms with van der Waals surface area (Å²) in [6.07, 6.45) is 0. The summed E-state index contributed by atoms with van der Waals surface area (Å²) in [4.78, 5) is 24.1. The van der Waals surface area contributed by atoms with Gasteiger partial charge in [0.2, 0.25) is 5.76 Å². The molecular formula is C21H16ClN3O4. The number of aromatic carboxylic acids is 1. The molecule has 0 fully saturated rings. The van der Waals surface area contributed by atoms with E-state index in [1.807, 2.05) is 19.1 Å². The molecule has 4 aromatic rings. The van der Waals surface area contributed by atoms with E-state index in [1.54, 1.807) is 47.1 Å². The first-order valence-electron chi connectivity index (χ1n) is 8.79. The standard InChI is InChI=1S/C21H16ClN3O4/c1-12-10-16(24-25(12)17-8-4-3-7-15(17)22)20(26)23-11-14-13-6-2-5-9-18(13)29-19(14)21(27)28/h2-10H,11H2,1H3,(H,23,26)(H,27,28). The van der Waals surface area contributed by atoms with Gasteiger partial charge in [-0.05, 0) is 31.2 Å². The van der Waals surface area contributed by atoms with Gasteiger partial charge in [0.25, 0.3) is 5.91 Å². The molecule has 2 heterocycles. The molecular weight excluding hydrogens is 394 g/mol. The van der Waals surface area contributed by atoms with Gasteiger partial charge in [-0.3, -0.25) is 4.79 Å². The van der Waals surface area contributed by atoms with Gasteiger partial charge in [0.1, 0.15) is 5.58 Å². The zero-order chi connectivity index (χ0) is 20.5. The molecule has 0 aliphatic rings. The Morgan fingerprint density at radius 3 is 2.66 bits per heavy atom. The number of aromatic nitrogens is 2. The second kappa shape index (κ2) is 7.44. The van der Waals surface area contributed by atoms with Crippen LogP contribution in [-0.2, 0) is 6.54 Å². The number of fused-ring (bicyclic) bond motifs is 1. The van der Waals surface area contributed by atoms with Gasteiger partial charge >= 0.3 is 5.97 Å². The van der Waals surface area contributed by atoms with Crippen molar-refractivity contribution in [2.45, 2.75) is 13.5 Å². The smallest absolute Gasteiger partial charge is 0.372 e. The number of hydrogen-bond donors (Lipinski definition) is 2. The van der Waals surface area contributed by atoms with Crippen LogP contribution >= 0.6 is 11.6 Å². The van der Waals surface area contributed by atoms with Crippen molar-refractivity contribution in [2.75, 3.05) is 0 Å². The number of hydrogen-bond acceptors (Lipinski definition) is 4. The number of carboxylic acid groups (broad SMARTS) is 1. The van der Waals surface area contributed by atoms with E-state index in [2.05, 4.69) is 10.4 Å². The highest BCUT2D eigenvalue weighted by Gasteiger charge is 2.21. The number of amides is 1. The Morgan fingerprint density at radius 2 is 1.90 bits per heavy atom. The summed E-state index contributed by atoms with van der Waals surface area (Å²) in [6, 6.07) is 15.8. The normalized spacial score (nSPS) is 11.0. The lowest BCUT2D eigenvalue weighted by molar-refractivity contribution is 0.0662. The molecule has 0 aliphatic heterocycles. The minimum atomic E-state index is -1.19. The number of para-hydroxylation sites is 2. The molecule has 7 nitrogen and oxygen atoms in total. The number of furan rings is 1. The first kappa shape index (κ1) is 18.8. The Kier molecular flexibility index (Phi) is 4.82. The maximum atomic E-state index is 12.6. The van der Waals surface area contributed by atoms with Crippen LogP contribution in [0.1, 0.15) is 32.3 Å². The Labute approximate surface area is 170 Å². The number of nitrogens with one attached hydrogen (secondary N) is 1. The molecule has 8 heteroatoms. The lowest BCUT2D eigenvalue weighted by Gasteiger charge is -2.06. The molecule has 0 unspecified atom stereocenters. The van der Waals surface area contributed by atoms with E-state index in [0.29, 0.717) is 27.2 Å². The third-order valence-electron chi connectivity index (χ3n) is 4.52. The predicted molar refractivity (Wildman–Crippen MR) is 108 cm³/mol. The molecule has 0 radical (unpaired) electrons. The molecule has 2 N–H and O–H groups in total. The van der Waals surface area contributed by atoms with Gasteiger partial charge in [-0.2, -0.15) is 5.10 Å². The number of carbonyl (C=O) groups is 2. The third kappa shape index (κ3) is 3.48. The van der Waals surface area contributed by atoms with E-state index >= 15 is 0 Å². The predicted octanol–water partition coefficient (Wildman–Crippen LogP) is 4.21. The van der Waals surface area contributed by atoms with Gasteiger partial charge in [0, 0.05) is 23.2 Å². The lowest BCUT2D eigenvalue weighted by atomic mass is 10.1. The Bertz CT molecular complexity index is 1240. The third-order valence-corrected chi connectivity index (χ3v) is 4.84. The molecule has 2 aromatic carbocycles. The minimum Gasteiger partial charge on any atom is -0.475 e. The van der Waals surface area contributed by atoms with E-state index in [9.17, 15) is 14.7 Å². The van der Waals surface area contributed by atoms with Gasteiger partial charge in [-0.15, -0.1) is 0 Å². The summed E-state index contributed by atoms with van der Waals surface area (Å²) in [5.74, 6) is -1.81. The molecule has 0 saturated heterocycles. The topological polar surface area (TPSA) is 97.4 Å². The van der Waals surface area contributed by atoms with Crippen molar-refractivity contribution in [3.05, 3.63) is 82.3 Å². The molecule has 0 spiro atoms. The number of nitrogens with zero attached hydrogens (tertiary/aromatic N) is 2. The van der Waals surface area contributed by atoms with Crippen molar-refractivity contribution < 1.29 is 19.1 Å². The van der Waals surface area contributed by atoms with E-state index in [4.69, 9.17) is 16.0 Å². The van der Waals surface area contributed by atoms with Crippen molar-refractivity contribution in [1.29, 1.82) is 0 Å². The van der Waals surface area contributed by atoms with E-state index in [1.165, 1.54) is 0 Å². The molecule has 0 bridgehead atoms. The highest BCUT2D eigenvalue weighted by molar-refractivity contribution is 6.32. The quantitative estimate of drug-likeness (QED) is 0.514. The van der Waals surface area contributed by atoms with Crippen LogP contribution in [0, 0.1) is 6.92 Å². The molecule has 0 aliphatic carbocycles. The Hall–Kier alpha value is -3.58. The highest BCUT2D eigenvalue weighted by Crippen LogP contribution is 2.26. The number of benzene rings is 2. The molecule has 1 amide bonds. The van der Waals surface area contributed by atoms with Gasteiger partial charge < -0.3 is 14.8 Å². The summed E-state index contributed by atoms with van der Waals surface area (Å²) >= 11 is 6.22. The van der Waals surface area contributed by atoms with Crippen LogP contribution in [0.4, 0.5) is 0 Å². The van der Waals surface area contributed by atoms with Crippen molar-refractivity contribution >= 4 is 34.4 Å². The van der Waals surface area contributed by atoms with E-state index < -0.39 is 11.9 Å². The molecule has 0 atom stereocenters. The maximum absolute atomic E-state index is 12.6. The number of carboxylic acids is 1. The van der Waals surface area contributed by atoms with Gasteiger partial charge in [0.05, 0.1) is 10.7 Å². The summed E-state index contributed by atoms with van der Waals surface area (Å²) in [7, 11) is 0. The average Bonchev–Trinajstić information content (AvgIpc) is 3.27. The minimum absolute atomic E-state index is 0.00448. The summed E-state index contributed by atoms with van der Waals surface area (Å²) < 4.78 is 7.00. The van der Waals surface area contributed by atoms with Gasteiger partial charge in [-0.25, -0.2) is 9.48 Å². The number of halogens is 1. The van der Waals surface area contributed by atoms with Crippen LogP contribution < -0.4 is 5.32 Å². The van der Waals surface area contributed by atoms with E-state index in [-0.39, 0.29) is 18.0 Å². The first-order valence-corrected chi connectivity index (χ1v) is 9.17. The fourth-order valence-corrected chi connectivity index (χ4v) is 3.37. The molecule has 29 heavy (non-hydrogen) atoms. The fraction of sp³-hybridized carbons (Fsp3) is 0.0952. The van der Waals surface area contributed by atoms with Crippen LogP contribution in [0.5, 0.6) is 0 Å². The Morgan fingerprint density at radius 1 is 1.17 bits per heavy atom. The van der Waals surface area contributed by atoms with Gasteiger partial charge in [0.15, 0.2) is 5.69 Å². The SMILES string of the molecule is Cc1cc(C(=O)NCc2c(C(=O)O)oc3ccccc23)nn1-c1ccccc1Cl. The summed E-state index contributed by atoms with van der Waals surface area (Å²) in [5.41, 5.74) is 2.46. The van der Waals surface area contributed by atoms with Crippen LogP contribution in [0.15, 0.2) is 59.0 Å². The van der Waals surface area contributed by atoms with Crippen molar-refractivity contribution in [1.82, 2.24) is 15.1 Å². The lowest BCUT2D eigenvalue weighted by Crippen LogP contribution is -2.24. The van der Waals surface area contributed by atoms with Crippen LogP contribution in [-0.4, -0.2) is 26.8 Å². The number of aryl methyl sites for hydroxylation is 1. The fourth-order valence-electron chi connectivity index (χ4n) is 3.16. The zero-order valence-electron chi connectivity index (χ0n) is 15.3. The summed E-state index contributed by atoms with van der Waals surface area (Å²) in [5, 5.41) is 17.6. The average molecular weight is 410 g/mol. The molecule has 0 saturated carbocycles. The Balaban J connectivity index is 1.60. The monoisotopic (exact) mass is 409 g/mol. The van der Waals surface area contributed by atoms with Crippen molar-refractivity contribution in [2.24, 2.45) is 0 Å². The molecule has 4 rings (SSSR count). The van der Waals surface area contributed by atoms with E-state index in [0.717, 1.165) is 5.69 Å². The maximum Gasteiger partial charge on any atom is 0.372 e. The largest absolute Gasteiger partial charge is 0.475 e. The zero-order valence-corrected chi connectivity index (χ0v) is 16.1. The second-order valence-electron chi connectivity index (χ2n) is 6.43. The van der Waals surface area contributed by atoms with Gasteiger partial charge in [-0.1, -0.05) is 41.9 Å². The molecule has 146 valence electrons. The second-order valence-corrected chi connectivity index (χ2v) is 6.84. The van der Waals surface area contributed by atoms with Crippen LogP contribution in [0.2, 0.25) is 5.02 Å². The first-order chi connectivity index (χ1) is 14.0. The van der Waals surface area contributed by atoms with Crippen molar-refractivity contribution in [3.63, 3.8) is 0 Å². The van der Waals surface area contributed by atoms with Crippen molar-refractivity contribution in [3.8, 4) is 5.69 Å². The number of carbonyl (C=O) groups excluding carboxylic acids is 1. The summed E-state index contributed by atoms with van der Waals surface area (Å²) in [6.45, 7) is 1.81. The van der Waals surface area contributed by atoms with Crippen LogP contribution in [0.3, 0.4) is 0 Å². The van der Waals surface area contributed by atoms with Crippen LogP contribution in [0.25, 0.3) is 16.7 Å². The number of rotatable bonds is 5. The highest BCUT2D eigenvalue weighted by atomic mass is 35.5. The molecule has 2 aromatic heterocycles.